The molecule has 0 heterocycles. The van der Waals surface area contributed by atoms with Gasteiger partial charge < -0.3 is 20.4 Å². The van der Waals surface area contributed by atoms with E-state index in [-0.39, 0.29) is 38.4 Å². The highest BCUT2D eigenvalue weighted by atomic mass is 32.1. The first-order valence-electron chi connectivity index (χ1n) is 4.71. The Morgan fingerprint density at radius 1 is 1.20 bits per heavy atom. The largest absolute Gasteiger partial charge is 0.481 e. The van der Waals surface area contributed by atoms with Crippen molar-refractivity contribution in [3.8, 4) is 0 Å². The Labute approximate surface area is 94.2 Å². The molecule has 0 saturated heterocycles. The first kappa shape index (κ1) is 14.7. The maximum atomic E-state index is 10.7. The summed E-state index contributed by atoms with van der Waals surface area (Å²) in [5.74, 6) is -1.36. The van der Waals surface area contributed by atoms with Crippen LogP contribution >= 0.6 is 12.6 Å². The van der Waals surface area contributed by atoms with Crippen molar-refractivity contribution in [1.29, 1.82) is 0 Å². The lowest BCUT2D eigenvalue weighted by Crippen LogP contribution is -2.35. The molecule has 0 aliphatic heterocycles. The fourth-order valence-electron chi connectivity index (χ4n) is 1.16. The third-order valence-electron chi connectivity index (χ3n) is 2.60. The van der Waals surface area contributed by atoms with Crippen molar-refractivity contribution in [3.63, 3.8) is 0 Å². The predicted molar refractivity (Wildman–Crippen MR) is 57.9 cm³/mol. The van der Waals surface area contributed by atoms with Gasteiger partial charge in [-0.15, -0.1) is 0 Å². The lowest BCUT2D eigenvalue weighted by molar-refractivity contribution is -0.141. The van der Waals surface area contributed by atoms with Crippen LogP contribution in [0.4, 0.5) is 0 Å². The van der Waals surface area contributed by atoms with Crippen LogP contribution < -0.4 is 0 Å². The Bertz CT molecular complexity index is 185. The standard InChI is InChI=1S/C9H18O5S/c10-4-9(5-11,6-12)2-1-7(3-15)8(13)14/h7,10-12,15H,1-6H2,(H,13,14). The lowest BCUT2D eigenvalue weighted by Gasteiger charge is -2.28. The summed E-state index contributed by atoms with van der Waals surface area (Å²) in [6.07, 6.45) is 0.536. The second kappa shape index (κ2) is 7.05. The van der Waals surface area contributed by atoms with Gasteiger partial charge in [-0.25, -0.2) is 0 Å². The average molecular weight is 238 g/mol. The van der Waals surface area contributed by atoms with Gasteiger partial charge in [-0.1, -0.05) is 0 Å². The minimum absolute atomic E-state index is 0.202. The molecule has 0 aromatic carbocycles. The minimum Gasteiger partial charge on any atom is -0.481 e. The van der Waals surface area contributed by atoms with Crippen LogP contribution in [0.2, 0.25) is 0 Å². The zero-order chi connectivity index (χ0) is 11.9. The third-order valence-corrected chi connectivity index (χ3v) is 3.04. The van der Waals surface area contributed by atoms with Gasteiger partial charge in [0.05, 0.1) is 25.7 Å². The van der Waals surface area contributed by atoms with E-state index in [0.717, 1.165) is 0 Å². The molecule has 5 nitrogen and oxygen atoms in total. The van der Waals surface area contributed by atoms with E-state index in [4.69, 9.17) is 20.4 Å². The second-order valence-corrected chi connectivity index (χ2v) is 4.10. The normalized spacial score (nSPS) is 13.9. The molecule has 0 bridgehead atoms. The van der Waals surface area contributed by atoms with Crippen molar-refractivity contribution in [2.75, 3.05) is 25.6 Å². The summed E-state index contributed by atoms with van der Waals surface area (Å²) in [6.45, 7) is -1.09. The number of rotatable bonds is 8. The van der Waals surface area contributed by atoms with Crippen LogP contribution in [0.25, 0.3) is 0 Å². The average Bonchev–Trinajstić information content (AvgIpc) is 2.25. The van der Waals surface area contributed by atoms with Crippen LogP contribution in [-0.2, 0) is 4.79 Å². The highest BCUT2D eigenvalue weighted by molar-refractivity contribution is 7.80. The first-order valence-corrected chi connectivity index (χ1v) is 5.34. The number of aliphatic carboxylic acids is 1. The van der Waals surface area contributed by atoms with Crippen LogP contribution in [0.5, 0.6) is 0 Å². The van der Waals surface area contributed by atoms with Gasteiger partial charge in [-0.3, -0.25) is 4.79 Å². The summed E-state index contributed by atoms with van der Waals surface area (Å²) in [5.41, 5.74) is -0.989. The fraction of sp³-hybridized carbons (Fsp3) is 0.889. The van der Waals surface area contributed by atoms with Gasteiger partial charge in [0.15, 0.2) is 0 Å². The number of carbonyl (C=O) groups is 1. The summed E-state index contributed by atoms with van der Waals surface area (Å²) >= 11 is 3.90. The molecule has 0 saturated carbocycles. The number of carboxylic acid groups (broad SMARTS) is 1. The van der Waals surface area contributed by atoms with Crippen molar-refractivity contribution in [2.45, 2.75) is 12.8 Å². The molecular formula is C9H18O5S. The van der Waals surface area contributed by atoms with Crippen LogP contribution in [0.15, 0.2) is 0 Å². The second-order valence-electron chi connectivity index (χ2n) is 3.73. The van der Waals surface area contributed by atoms with Crippen molar-refractivity contribution in [2.24, 2.45) is 11.3 Å². The Hall–Kier alpha value is -0.300. The highest BCUT2D eigenvalue weighted by Crippen LogP contribution is 2.25. The number of carboxylic acids is 1. The van der Waals surface area contributed by atoms with Crippen molar-refractivity contribution in [1.82, 2.24) is 0 Å². The summed E-state index contributed by atoms with van der Waals surface area (Å²) in [5, 5.41) is 35.8. The molecule has 1 atom stereocenters. The minimum atomic E-state index is -0.989. The molecule has 90 valence electrons. The van der Waals surface area contributed by atoms with E-state index < -0.39 is 17.3 Å². The zero-order valence-electron chi connectivity index (χ0n) is 8.46. The predicted octanol–water partition coefficient (Wildman–Crippen LogP) is -0.640. The molecule has 0 aliphatic rings. The smallest absolute Gasteiger partial charge is 0.307 e. The fourth-order valence-corrected chi connectivity index (χ4v) is 1.50. The molecule has 15 heavy (non-hydrogen) atoms. The van der Waals surface area contributed by atoms with Gasteiger partial charge in [0.1, 0.15) is 0 Å². The topological polar surface area (TPSA) is 98.0 Å². The van der Waals surface area contributed by atoms with Crippen molar-refractivity contribution < 1.29 is 25.2 Å². The van der Waals surface area contributed by atoms with Gasteiger partial charge in [-0.05, 0) is 12.8 Å². The molecule has 6 heteroatoms. The Morgan fingerprint density at radius 2 is 1.67 bits per heavy atom. The van der Waals surface area contributed by atoms with Gasteiger partial charge in [0.2, 0.25) is 0 Å². The summed E-state index contributed by atoms with van der Waals surface area (Å²) in [6, 6.07) is 0. The molecule has 4 N–H and O–H groups in total. The molecule has 0 rings (SSSR count). The zero-order valence-corrected chi connectivity index (χ0v) is 9.36. The number of thiol groups is 1. The van der Waals surface area contributed by atoms with Crippen LogP contribution in [0, 0.1) is 11.3 Å². The molecule has 1 unspecified atom stereocenters. The summed E-state index contributed by atoms with van der Waals surface area (Å²) in [7, 11) is 0. The molecule has 0 spiro atoms. The first-order chi connectivity index (χ1) is 7.05. The van der Waals surface area contributed by atoms with Gasteiger partial charge in [0.25, 0.3) is 0 Å². The molecule has 0 fully saturated rings. The number of aliphatic hydroxyl groups excluding tert-OH is 3. The third kappa shape index (κ3) is 4.38. The van der Waals surface area contributed by atoms with Gasteiger partial charge in [-0.2, -0.15) is 12.6 Å². The quantitative estimate of drug-likeness (QED) is 0.362. The van der Waals surface area contributed by atoms with E-state index in [9.17, 15) is 4.79 Å². The Balaban J connectivity index is 4.25. The Kier molecular flexibility index (Phi) is 6.91. The van der Waals surface area contributed by atoms with E-state index >= 15 is 0 Å². The van der Waals surface area contributed by atoms with Crippen LogP contribution in [0.1, 0.15) is 12.8 Å². The Morgan fingerprint density at radius 3 is 1.93 bits per heavy atom. The maximum absolute atomic E-state index is 10.7. The molecular weight excluding hydrogens is 220 g/mol. The number of aliphatic hydroxyl groups is 3. The SMILES string of the molecule is O=C(O)C(CS)CCC(CO)(CO)CO. The van der Waals surface area contributed by atoms with Gasteiger partial charge in [0, 0.05) is 11.2 Å². The summed E-state index contributed by atoms with van der Waals surface area (Å²) < 4.78 is 0. The van der Waals surface area contributed by atoms with Crippen molar-refractivity contribution >= 4 is 18.6 Å². The van der Waals surface area contributed by atoms with E-state index in [2.05, 4.69) is 12.6 Å². The number of hydrogen-bond acceptors (Lipinski definition) is 5. The van der Waals surface area contributed by atoms with E-state index in [1.165, 1.54) is 0 Å². The van der Waals surface area contributed by atoms with Crippen molar-refractivity contribution in [3.05, 3.63) is 0 Å². The maximum Gasteiger partial charge on any atom is 0.307 e. The lowest BCUT2D eigenvalue weighted by atomic mass is 9.83. The molecule has 0 aliphatic carbocycles. The van der Waals surface area contributed by atoms with E-state index in [1.807, 2.05) is 0 Å². The summed E-state index contributed by atoms with van der Waals surface area (Å²) in [4.78, 5) is 10.7. The van der Waals surface area contributed by atoms with Gasteiger partial charge >= 0.3 is 5.97 Å². The molecule has 0 aromatic rings. The van der Waals surface area contributed by atoms with Crippen LogP contribution in [-0.4, -0.2) is 52.0 Å². The molecule has 0 amide bonds. The molecule has 0 aromatic heterocycles. The highest BCUT2D eigenvalue weighted by Gasteiger charge is 2.30. The number of hydrogen-bond donors (Lipinski definition) is 5. The van der Waals surface area contributed by atoms with Crippen LogP contribution in [0.3, 0.4) is 0 Å². The van der Waals surface area contributed by atoms with E-state index in [1.54, 1.807) is 0 Å². The van der Waals surface area contributed by atoms with E-state index in [0.29, 0.717) is 0 Å². The monoisotopic (exact) mass is 238 g/mol. The molecule has 0 radical (unpaired) electrons.